The van der Waals surface area contributed by atoms with Gasteiger partial charge in [-0.25, -0.2) is 0 Å². The van der Waals surface area contributed by atoms with Crippen molar-refractivity contribution in [1.82, 2.24) is 0 Å². The van der Waals surface area contributed by atoms with Gasteiger partial charge >= 0.3 is 0 Å². The first-order valence-corrected chi connectivity index (χ1v) is 9.57. The first-order valence-electron chi connectivity index (χ1n) is 9.57. The van der Waals surface area contributed by atoms with E-state index in [2.05, 4.69) is 26.0 Å². The Kier molecular flexibility index (Phi) is 6.56. The Morgan fingerprint density at radius 1 is 1.24 bits per heavy atom. The van der Waals surface area contributed by atoms with Gasteiger partial charge < -0.3 is 14.9 Å². The largest absolute Gasteiger partial charge is 0.507 e. The smallest absolute Gasteiger partial charge is 0.126 e. The maximum absolute atomic E-state index is 10.8. The van der Waals surface area contributed by atoms with Crippen LogP contribution in [0.5, 0.6) is 11.5 Å². The molecule has 1 aromatic carbocycles. The highest BCUT2D eigenvalue weighted by Crippen LogP contribution is 2.48. The monoisotopic (exact) mass is 346 g/mol. The predicted octanol–water partition coefficient (Wildman–Crippen LogP) is 5.34. The molecule has 25 heavy (non-hydrogen) atoms. The lowest BCUT2D eigenvalue weighted by Crippen LogP contribution is -2.36. The van der Waals surface area contributed by atoms with E-state index >= 15 is 0 Å². The van der Waals surface area contributed by atoms with Crippen LogP contribution in [0, 0.1) is 5.92 Å². The third kappa shape index (κ3) is 4.78. The lowest BCUT2D eigenvalue weighted by atomic mass is 9.69. The van der Waals surface area contributed by atoms with E-state index in [9.17, 15) is 10.2 Å². The minimum Gasteiger partial charge on any atom is -0.507 e. The van der Waals surface area contributed by atoms with Crippen LogP contribution in [-0.2, 0) is 6.42 Å². The zero-order valence-corrected chi connectivity index (χ0v) is 16.4. The fourth-order valence-corrected chi connectivity index (χ4v) is 4.04. The van der Waals surface area contributed by atoms with Gasteiger partial charge in [0.2, 0.25) is 0 Å². The molecule has 0 amide bonds. The van der Waals surface area contributed by atoms with Crippen molar-refractivity contribution in [3.8, 4) is 11.5 Å². The number of phenolic OH excluding ortho intramolecular Hbond substituents is 1. The molecule has 0 bridgehead atoms. The summed E-state index contributed by atoms with van der Waals surface area (Å²) in [7, 11) is 1.66. The molecule has 2 atom stereocenters. The molecule has 0 fully saturated rings. The van der Waals surface area contributed by atoms with Gasteiger partial charge in [-0.2, -0.15) is 0 Å². The Bertz CT molecular complexity index is 610. The Balaban J connectivity index is 2.43. The van der Waals surface area contributed by atoms with Crippen LogP contribution in [0.4, 0.5) is 0 Å². The van der Waals surface area contributed by atoms with E-state index in [-0.39, 0.29) is 17.6 Å². The quantitative estimate of drug-likeness (QED) is 0.517. The van der Waals surface area contributed by atoms with Crippen molar-refractivity contribution < 1.29 is 14.9 Å². The molecule has 0 radical (unpaired) electrons. The molecule has 0 aromatic heterocycles. The first-order chi connectivity index (χ1) is 11.8. The number of unbranched alkanes of at least 4 members (excludes halogenated alkanes) is 2. The highest BCUT2D eigenvalue weighted by atomic mass is 16.5. The summed E-state index contributed by atoms with van der Waals surface area (Å²) < 4.78 is 5.65. The molecule has 1 aromatic rings. The number of aromatic hydroxyl groups is 1. The van der Waals surface area contributed by atoms with Gasteiger partial charge in [-0.05, 0) is 70.1 Å². The number of benzene rings is 1. The van der Waals surface area contributed by atoms with Crippen LogP contribution in [-0.4, -0.2) is 22.9 Å². The fourth-order valence-electron chi connectivity index (χ4n) is 4.04. The number of aliphatic hydroxyl groups is 1. The van der Waals surface area contributed by atoms with Crippen LogP contribution in [0.3, 0.4) is 0 Å². The molecule has 0 spiro atoms. The molecule has 3 heteroatoms. The van der Waals surface area contributed by atoms with Gasteiger partial charge in [0.05, 0.1) is 12.7 Å². The number of rotatable bonds is 7. The topological polar surface area (TPSA) is 49.7 Å². The predicted molar refractivity (Wildman–Crippen MR) is 103 cm³/mol. The van der Waals surface area contributed by atoms with Crippen molar-refractivity contribution in [1.29, 1.82) is 0 Å². The summed E-state index contributed by atoms with van der Waals surface area (Å²) in [6.07, 6.45) is 8.54. The van der Waals surface area contributed by atoms with E-state index in [1.54, 1.807) is 7.11 Å². The van der Waals surface area contributed by atoms with Crippen LogP contribution >= 0.6 is 0 Å². The van der Waals surface area contributed by atoms with E-state index < -0.39 is 5.60 Å². The highest BCUT2D eigenvalue weighted by molar-refractivity contribution is 5.52. The molecule has 0 heterocycles. The zero-order valence-electron chi connectivity index (χ0n) is 16.4. The van der Waals surface area contributed by atoms with Gasteiger partial charge in [-0.3, -0.25) is 0 Å². The second-order valence-corrected chi connectivity index (χ2v) is 8.03. The molecule has 140 valence electrons. The molecule has 0 saturated heterocycles. The van der Waals surface area contributed by atoms with Crippen molar-refractivity contribution in [3.05, 3.63) is 34.9 Å². The molecule has 1 aliphatic carbocycles. The highest BCUT2D eigenvalue weighted by Gasteiger charge is 2.38. The van der Waals surface area contributed by atoms with Gasteiger partial charge in [0, 0.05) is 11.5 Å². The summed E-state index contributed by atoms with van der Waals surface area (Å²) in [5, 5.41) is 21.5. The van der Waals surface area contributed by atoms with Crippen LogP contribution in [0.15, 0.2) is 23.8 Å². The Morgan fingerprint density at radius 3 is 2.56 bits per heavy atom. The lowest BCUT2D eigenvalue weighted by molar-refractivity contribution is 0.00419. The summed E-state index contributed by atoms with van der Waals surface area (Å²) in [6, 6.07) is 3.94. The number of hydrogen-bond donors (Lipinski definition) is 2. The molecule has 3 nitrogen and oxygen atoms in total. The van der Waals surface area contributed by atoms with E-state index in [4.69, 9.17) is 4.74 Å². The van der Waals surface area contributed by atoms with Crippen molar-refractivity contribution in [2.75, 3.05) is 7.11 Å². The molecular weight excluding hydrogens is 312 g/mol. The van der Waals surface area contributed by atoms with E-state index in [1.807, 2.05) is 19.9 Å². The SMILES string of the molecule is CCCCCc1cc(O)c([C@@H]2C=C(C)CC[C@H]2C(C)(C)O)c(OC)c1. The molecular formula is C22H34O3. The number of phenols is 1. The van der Waals surface area contributed by atoms with Crippen LogP contribution in [0.1, 0.15) is 76.8 Å². The fraction of sp³-hybridized carbons (Fsp3) is 0.636. The summed E-state index contributed by atoms with van der Waals surface area (Å²) in [6.45, 7) is 8.04. The standard InChI is InChI=1S/C22H34O3/c1-6-7-8-9-16-13-19(23)21(20(14-16)25-5)17-12-15(2)10-11-18(17)22(3,4)24/h12-14,17-18,23-24H,6-11H2,1-5H3/t17-,18-/m1/s1. The third-order valence-corrected chi connectivity index (χ3v) is 5.46. The Morgan fingerprint density at radius 2 is 1.96 bits per heavy atom. The lowest BCUT2D eigenvalue weighted by Gasteiger charge is -2.38. The Labute approximate surface area is 152 Å². The molecule has 1 aliphatic rings. The van der Waals surface area contributed by atoms with E-state index in [1.165, 1.54) is 18.4 Å². The molecule has 2 rings (SSSR count). The zero-order chi connectivity index (χ0) is 18.6. The average molecular weight is 347 g/mol. The van der Waals surface area contributed by atoms with Gasteiger partial charge in [-0.15, -0.1) is 0 Å². The Hall–Kier alpha value is -1.48. The number of hydrogen-bond acceptors (Lipinski definition) is 3. The number of allylic oxidation sites excluding steroid dienone is 2. The summed E-state index contributed by atoms with van der Waals surface area (Å²) in [5.74, 6) is 1.04. The minimum absolute atomic E-state index is 0.0339. The average Bonchev–Trinajstić information content (AvgIpc) is 2.53. The van der Waals surface area contributed by atoms with Gasteiger partial charge in [0.15, 0.2) is 0 Å². The molecule has 0 unspecified atom stereocenters. The van der Waals surface area contributed by atoms with Crippen molar-refractivity contribution >= 4 is 0 Å². The van der Waals surface area contributed by atoms with E-state index in [0.717, 1.165) is 42.6 Å². The number of ether oxygens (including phenoxy) is 1. The minimum atomic E-state index is -0.806. The van der Waals surface area contributed by atoms with Gasteiger partial charge in [-0.1, -0.05) is 31.4 Å². The maximum Gasteiger partial charge on any atom is 0.126 e. The van der Waals surface area contributed by atoms with Gasteiger partial charge in [0.25, 0.3) is 0 Å². The summed E-state index contributed by atoms with van der Waals surface area (Å²) in [5.41, 5.74) is 2.42. The van der Waals surface area contributed by atoms with Crippen molar-refractivity contribution in [2.45, 2.75) is 77.7 Å². The first kappa shape index (κ1) is 19.8. The second-order valence-electron chi connectivity index (χ2n) is 8.03. The molecule has 0 saturated carbocycles. The van der Waals surface area contributed by atoms with Crippen molar-refractivity contribution in [3.63, 3.8) is 0 Å². The second kappa shape index (κ2) is 8.27. The summed E-state index contributed by atoms with van der Waals surface area (Å²) in [4.78, 5) is 0. The molecule has 2 N–H and O–H groups in total. The maximum atomic E-state index is 10.8. The third-order valence-electron chi connectivity index (χ3n) is 5.46. The molecule has 0 aliphatic heterocycles. The van der Waals surface area contributed by atoms with Crippen molar-refractivity contribution in [2.24, 2.45) is 5.92 Å². The van der Waals surface area contributed by atoms with E-state index in [0.29, 0.717) is 0 Å². The van der Waals surface area contributed by atoms with Gasteiger partial charge in [0.1, 0.15) is 11.5 Å². The number of aryl methyl sites for hydroxylation is 1. The normalized spacial score (nSPS) is 21.1. The number of methoxy groups -OCH3 is 1. The van der Waals surface area contributed by atoms with Crippen LogP contribution in [0.2, 0.25) is 0 Å². The van der Waals surface area contributed by atoms with Crippen LogP contribution < -0.4 is 4.74 Å². The van der Waals surface area contributed by atoms with Crippen LogP contribution in [0.25, 0.3) is 0 Å². The summed E-state index contributed by atoms with van der Waals surface area (Å²) >= 11 is 0.